The number of terminal acetylenes is 1. The summed E-state index contributed by atoms with van der Waals surface area (Å²) in [5.41, 5.74) is 6.78. The van der Waals surface area contributed by atoms with Crippen LogP contribution in [0.25, 0.3) is 0 Å². The molecule has 5 atom stereocenters. The second-order valence-electron chi connectivity index (χ2n) is 10.4. The number of nitrogens with zero attached hydrogens (tertiary/aromatic N) is 1. The number of hydrogen-bond donors (Lipinski definition) is 5. The zero-order valence-electron chi connectivity index (χ0n) is 22.1. The summed E-state index contributed by atoms with van der Waals surface area (Å²) in [7, 11) is 0. The molecular weight excluding hydrogens is 484 g/mol. The van der Waals surface area contributed by atoms with Gasteiger partial charge in [-0.3, -0.25) is 9.69 Å². The van der Waals surface area contributed by atoms with Gasteiger partial charge in [-0.2, -0.15) is 0 Å². The van der Waals surface area contributed by atoms with Gasteiger partial charge in [-0.15, -0.1) is 6.42 Å². The number of aliphatic hydroxyl groups is 2. The summed E-state index contributed by atoms with van der Waals surface area (Å²) in [6.45, 7) is 5.99. The molecule has 38 heavy (non-hydrogen) atoms. The molecule has 0 bridgehead atoms. The summed E-state index contributed by atoms with van der Waals surface area (Å²) < 4.78 is 5.39. The van der Waals surface area contributed by atoms with Crippen molar-refractivity contribution < 1.29 is 24.5 Å². The van der Waals surface area contributed by atoms with Crippen molar-refractivity contribution in [2.24, 2.45) is 11.1 Å². The van der Waals surface area contributed by atoms with E-state index in [1.807, 2.05) is 32.9 Å². The first-order valence-electron chi connectivity index (χ1n) is 12.8. The quantitative estimate of drug-likeness (QED) is 0.302. The van der Waals surface area contributed by atoms with Gasteiger partial charge >= 0.3 is 6.09 Å². The maximum Gasteiger partial charge on any atom is 0.412 e. The number of para-hydroxylation sites is 1. The molecule has 2 aromatic carbocycles. The number of ether oxygens (including phenoxy) is 1. The molecule has 2 amide bonds. The molecule has 0 aromatic heterocycles. The van der Waals surface area contributed by atoms with Crippen LogP contribution in [0.5, 0.6) is 5.75 Å². The molecule has 0 aliphatic carbocycles. The minimum absolute atomic E-state index is 0.0646. The summed E-state index contributed by atoms with van der Waals surface area (Å²) in [4.78, 5) is 27.6. The molecule has 204 valence electrons. The Hall–Kier alpha value is -3.42. The van der Waals surface area contributed by atoms with E-state index in [4.69, 9.17) is 16.9 Å². The first-order valence-corrected chi connectivity index (χ1v) is 12.8. The van der Waals surface area contributed by atoms with Crippen LogP contribution >= 0.6 is 0 Å². The summed E-state index contributed by atoms with van der Waals surface area (Å²) in [5.74, 6) is 2.58. The number of nitrogens with one attached hydrogen (secondary N) is 2. The Kier molecular flexibility index (Phi) is 9.89. The van der Waals surface area contributed by atoms with Crippen LogP contribution in [0.4, 0.5) is 4.79 Å². The average molecular weight is 523 g/mol. The van der Waals surface area contributed by atoms with Crippen molar-refractivity contribution in [1.29, 1.82) is 0 Å². The third kappa shape index (κ3) is 7.33. The number of nitrogens with two attached hydrogens (primary N) is 1. The van der Waals surface area contributed by atoms with Gasteiger partial charge in [0.2, 0.25) is 5.91 Å². The van der Waals surface area contributed by atoms with E-state index in [1.165, 1.54) is 4.90 Å². The van der Waals surface area contributed by atoms with Gasteiger partial charge in [0.15, 0.2) is 0 Å². The molecule has 9 heteroatoms. The highest BCUT2D eigenvalue weighted by atomic mass is 16.6. The Morgan fingerprint density at radius 3 is 2.45 bits per heavy atom. The van der Waals surface area contributed by atoms with E-state index < -0.39 is 35.9 Å². The van der Waals surface area contributed by atoms with Crippen LogP contribution in [0.3, 0.4) is 0 Å². The van der Waals surface area contributed by atoms with Crippen molar-refractivity contribution in [2.45, 2.75) is 64.1 Å². The van der Waals surface area contributed by atoms with E-state index in [-0.39, 0.29) is 24.9 Å². The van der Waals surface area contributed by atoms with Crippen LogP contribution in [0.1, 0.15) is 50.8 Å². The van der Waals surface area contributed by atoms with Crippen LogP contribution < -0.4 is 21.1 Å². The minimum atomic E-state index is -1.29. The highest BCUT2D eigenvalue weighted by molar-refractivity contribution is 5.82. The lowest BCUT2D eigenvalue weighted by atomic mass is 9.79. The van der Waals surface area contributed by atoms with Crippen LogP contribution in [0, 0.1) is 17.8 Å². The normalized spacial score (nSPS) is 20.1. The zero-order chi connectivity index (χ0) is 27.9. The van der Waals surface area contributed by atoms with Crippen molar-refractivity contribution in [1.82, 2.24) is 15.5 Å². The molecule has 0 saturated carbocycles. The van der Waals surface area contributed by atoms with Crippen molar-refractivity contribution in [3.8, 4) is 18.1 Å². The lowest BCUT2D eigenvalue weighted by molar-refractivity contribution is -0.132. The molecule has 1 heterocycles. The average Bonchev–Trinajstić information content (AvgIpc) is 3.29. The Balaban J connectivity index is 1.77. The fourth-order valence-electron chi connectivity index (χ4n) is 4.79. The SMILES string of the molecule is C#Cc1ccc([C@H](C)NC(=O)[C@@H]2C[C@@H](O)CN2C(O)[C@@H](NC(=O)Oc2ccccc2)C(C)(C)CCN)cc1. The number of benzene rings is 2. The summed E-state index contributed by atoms with van der Waals surface area (Å²) in [5, 5.41) is 27.7. The van der Waals surface area contributed by atoms with Gasteiger partial charge in [-0.25, -0.2) is 4.79 Å². The molecule has 3 rings (SSSR count). The fourth-order valence-corrected chi connectivity index (χ4v) is 4.79. The summed E-state index contributed by atoms with van der Waals surface area (Å²) in [6, 6.07) is 13.9. The summed E-state index contributed by atoms with van der Waals surface area (Å²) >= 11 is 0. The predicted molar refractivity (Wildman–Crippen MR) is 145 cm³/mol. The minimum Gasteiger partial charge on any atom is -0.410 e. The molecule has 1 aliphatic heterocycles. The number of hydrogen-bond acceptors (Lipinski definition) is 7. The van der Waals surface area contributed by atoms with Crippen molar-refractivity contribution >= 4 is 12.0 Å². The smallest absolute Gasteiger partial charge is 0.410 e. The molecule has 2 aromatic rings. The molecular formula is C29H38N4O5. The van der Waals surface area contributed by atoms with Crippen molar-refractivity contribution in [3.63, 3.8) is 0 Å². The highest BCUT2D eigenvalue weighted by Crippen LogP contribution is 2.32. The number of carbonyl (C=O) groups is 2. The maximum absolute atomic E-state index is 13.3. The molecule has 9 nitrogen and oxygen atoms in total. The van der Waals surface area contributed by atoms with Gasteiger partial charge in [0, 0.05) is 12.1 Å². The van der Waals surface area contributed by atoms with E-state index in [9.17, 15) is 19.8 Å². The second kappa shape index (κ2) is 12.9. The largest absolute Gasteiger partial charge is 0.412 e. The van der Waals surface area contributed by atoms with E-state index in [0.29, 0.717) is 18.7 Å². The first kappa shape index (κ1) is 29.1. The Labute approximate surface area is 224 Å². The maximum atomic E-state index is 13.3. The van der Waals surface area contributed by atoms with Gasteiger partial charge in [-0.1, -0.05) is 50.1 Å². The predicted octanol–water partition coefficient (Wildman–Crippen LogP) is 2.13. The molecule has 1 saturated heterocycles. The third-order valence-corrected chi connectivity index (χ3v) is 7.05. The monoisotopic (exact) mass is 522 g/mol. The number of likely N-dealkylation sites (tertiary alicyclic amines) is 1. The number of amides is 2. The number of β-amino-alcohol motifs (C(OH)–C–C–N with tert-alkyl or cyclic N) is 1. The molecule has 1 aliphatic rings. The zero-order valence-corrected chi connectivity index (χ0v) is 22.1. The van der Waals surface area contributed by atoms with Gasteiger partial charge in [0.1, 0.15) is 12.0 Å². The Morgan fingerprint density at radius 2 is 1.84 bits per heavy atom. The third-order valence-electron chi connectivity index (χ3n) is 7.05. The van der Waals surface area contributed by atoms with E-state index in [0.717, 1.165) is 11.1 Å². The van der Waals surface area contributed by atoms with Crippen LogP contribution in [0.15, 0.2) is 54.6 Å². The topological polar surface area (TPSA) is 137 Å². The number of carbonyl (C=O) groups excluding carboxylic acids is 2. The van der Waals surface area contributed by atoms with Gasteiger partial charge in [-0.05, 0) is 61.6 Å². The van der Waals surface area contributed by atoms with E-state index >= 15 is 0 Å². The summed E-state index contributed by atoms with van der Waals surface area (Å²) in [6.07, 6.45) is 3.20. The van der Waals surface area contributed by atoms with Gasteiger partial charge < -0.3 is 31.3 Å². The first-order chi connectivity index (χ1) is 18.1. The molecule has 6 N–H and O–H groups in total. The van der Waals surface area contributed by atoms with Crippen LogP contribution in [-0.4, -0.2) is 64.6 Å². The van der Waals surface area contributed by atoms with Crippen molar-refractivity contribution in [2.75, 3.05) is 13.1 Å². The number of rotatable bonds is 10. The molecule has 0 spiro atoms. The van der Waals surface area contributed by atoms with Crippen LogP contribution in [-0.2, 0) is 4.79 Å². The molecule has 1 fully saturated rings. The lowest BCUT2D eigenvalue weighted by Crippen LogP contribution is -2.61. The standard InChI is InChI=1S/C29H38N4O5/c1-5-20-11-13-21(14-12-20)19(2)31-26(35)24-17-22(34)18-33(24)27(36)25(29(3,4)15-16-30)32-28(37)38-23-9-7-6-8-10-23/h1,6-14,19,22,24-25,27,34,36H,15-18,30H2,2-4H3,(H,31,35)(H,32,37)/t19-,22+,24-,25+,27?/m0/s1. The van der Waals surface area contributed by atoms with E-state index in [2.05, 4.69) is 16.6 Å². The van der Waals surface area contributed by atoms with Crippen molar-refractivity contribution in [3.05, 3.63) is 65.7 Å². The van der Waals surface area contributed by atoms with Crippen LogP contribution in [0.2, 0.25) is 0 Å². The fraction of sp³-hybridized carbons (Fsp3) is 0.448. The Bertz CT molecular complexity index is 1120. The van der Waals surface area contributed by atoms with E-state index in [1.54, 1.807) is 42.5 Å². The molecule has 1 unspecified atom stereocenters. The van der Waals surface area contributed by atoms with Gasteiger partial charge in [0.05, 0.1) is 24.2 Å². The number of aliphatic hydroxyl groups excluding tert-OH is 2. The molecule has 0 radical (unpaired) electrons. The van der Waals surface area contributed by atoms with Gasteiger partial charge in [0.25, 0.3) is 0 Å². The Morgan fingerprint density at radius 1 is 1.18 bits per heavy atom. The second-order valence-corrected chi connectivity index (χ2v) is 10.4. The lowest BCUT2D eigenvalue weighted by Gasteiger charge is -2.42. The highest BCUT2D eigenvalue weighted by Gasteiger charge is 2.46.